The quantitative estimate of drug-likeness (QED) is 0.376. The Morgan fingerprint density at radius 1 is 1.13 bits per heavy atom. The van der Waals surface area contributed by atoms with Crippen LogP contribution in [-0.2, 0) is 16.0 Å². The number of fused-ring (bicyclic) bond motifs is 1. The number of ether oxygens (including phenoxy) is 3. The van der Waals surface area contributed by atoms with Crippen LogP contribution in [-0.4, -0.2) is 91.0 Å². The molecule has 0 saturated carbocycles. The highest BCUT2D eigenvalue weighted by atomic mass is 16.5. The van der Waals surface area contributed by atoms with Gasteiger partial charge in [0.05, 0.1) is 32.2 Å². The highest BCUT2D eigenvalue weighted by molar-refractivity contribution is 5.79. The third-order valence-electron chi connectivity index (χ3n) is 7.71. The number of carbonyl (C=O) groups excluding carboxylic acids is 1. The number of likely N-dealkylation sites (tertiary alicyclic amines) is 1. The van der Waals surface area contributed by atoms with Gasteiger partial charge in [-0.2, -0.15) is 0 Å². The number of amides is 1. The summed E-state index contributed by atoms with van der Waals surface area (Å²) in [5.74, 6) is -0.115. The Hall–Kier alpha value is -3.30. The van der Waals surface area contributed by atoms with Crippen molar-refractivity contribution in [3.05, 3.63) is 53.6 Å². The molecule has 3 unspecified atom stereocenters. The molecule has 1 saturated heterocycles. The van der Waals surface area contributed by atoms with Crippen molar-refractivity contribution in [1.29, 1.82) is 0 Å². The van der Waals surface area contributed by atoms with Crippen molar-refractivity contribution in [3.8, 4) is 17.2 Å². The second kappa shape index (κ2) is 13.7. The molecule has 0 bridgehead atoms. The zero-order chi connectivity index (χ0) is 27.8. The van der Waals surface area contributed by atoms with E-state index in [0.29, 0.717) is 44.2 Å². The monoisotopic (exact) mass is 540 g/mol. The van der Waals surface area contributed by atoms with E-state index in [9.17, 15) is 19.8 Å². The normalized spacial score (nSPS) is 20.3. The van der Waals surface area contributed by atoms with Crippen LogP contribution >= 0.6 is 0 Å². The maximum atomic E-state index is 13.5. The van der Waals surface area contributed by atoms with Crippen LogP contribution < -0.4 is 14.2 Å². The van der Waals surface area contributed by atoms with Gasteiger partial charge in [0.25, 0.3) is 0 Å². The predicted molar refractivity (Wildman–Crippen MR) is 147 cm³/mol. The Morgan fingerprint density at radius 2 is 1.90 bits per heavy atom. The molecule has 2 heterocycles. The number of methoxy groups -OCH3 is 1. The zero-order valence-corrected chi connectivity index (χ0v) is 22.9. The molecular formula is C30H40N2O7. The number of carbonyl (C=O) groups is 2. The number of aliphatic hydroxyl groups is 1. The minimum Gasteiger partial charge on any atom is -0.493 e. The number of nitrogens with zero attached hydrogens (tertiary/aromatic N) is 2. The second-order valence-electron chi connectivity index (χ2n) is 10.2. The van der Waals surface area contributed by atoms with Gasteiger partial charge in [-0.15, -0.1) is 0 Å². The first-order valence-electron chi connectivity index (χ1n) is 13.8. The molecule has 1 amide bonds. The summed E-state index contributed by atoms with van der Waals surface area (Å²) in [6.07, 6.45) is 3.13. The van der Waals surface area contributed by atoms with Crippen LogP contribution in [0.15, 0.2) is 42.5 Å². The van der Waals surface area contributed by atoms with Crippen molar-refractivity contribution < 1.29 is 34.0 Å². The molecule has 0 aromatic heterocycles. The van der Waals surface area contributed by atoms with Crippen molar-refractivity contribution in [1.82, 2.24) is 9.80 Å². The molecule has 2 N–H and O–H groups in total. The molecular weight excluding hydrogens is 500 g/mol. The van der Waals surface area contributed by atoms with E-state index in [1.54, 1.807) is 24.1 Å². The van der Waals surface area contributed by atoms with Crippen molar-refractivity contribution in [2.75, 3.05) is 53.1 Å². The summed E-state index contributed by atoms with van der Waals surface area (Å²) in [7, 11) is 1.56. The van der Waals surface area contributed by atoms with Crippen molar-refractivity contribution in [3.63, 3.8) is 0 Å². The number of hydrogen-bond acceptors (Lipinski definition) is 7. The molecule has 39 heavy (non-hydrogen) atoms. The standard InChI is InChI=1S/C30H40N2O7/c1-3-4-13-31(14-7-15-33)28(34)19-32-18-23(21-10-11-25-22(17-21)12-16-38-25)29(30(35)36)24(32)20-39-27-9-6-5-8-26(27)37-2/h5-6,8-11,17,23-24,29,33H,3-4,7,12-16,18-20H2,1-2H3,(H,35,36). The van der Waals surface area contributed by atoms with Gasteiger partial charge < -0.3 is 29.3 Å². The van der Waals surface area contributed by atoms with Crippen molar-refractivity contribution in [2.45, 2.75) is 44.6 Å². The molecule has 1 fully saturated rings. The molecule has 2 aromatic carbocycles. The van der Waals surface area contributed by atoms with Crippen molar-refractivity contribution in [2.24, 2.45) is 5.92 Å². The predicted octanol–water partition coefficient (Wildman–Crippen LogP) is 3.19. The molecule has 212 valence electrons. The molecule has 0 radical (unpaired) electrons. The third kappa shape index (κ3) is 6.83. The van der Waals surface area contributed by atoms with Crippen LogP contribution in [0, 0.1) is 5.92 Å². The molecule has 0 spiro atoms. The minimum absolute atomic E-state index is 0.0141. The Kier molecular flexibility index (Phi) is 10.1. The highest BCUT2D eigenvalue weighted by Crippen LogP contribution is 2.40. The van der Waals surface area contributed by atoms with Gasteiger partial charge >= 0.3 is 5.97 Å². The van der Waals surface area contributed by atoms with Gasteiger partial charge in [-0.1, -0.05) is 37.6 Å². The van der Waals surface area contributed by atoms with Gasteiger partial charge in [0.2, 0.25) is 5.91 Å². The van der Waals surface area contributed by atoms with E-state index >= 15 is 0 Å². The number of unbranched alkanes of at least 4 members (excludes halogenated alkanes) is 1. The number of carboxylic acid groups (broad SMARTS) is 1. The first kappa shape index (κ1) is 28.7. The number of benzene rings is 2. The van der Waals surface area contributed by atoms with Gasteiger partial charge in [-0.05, 0) is 42.2 Å². The smallest absolute Gasteiger partial charge is 0.308 e. The summed E-state index contributed by atoms with van der Waals surface area (Å²) in [4.78, 5) is 30.0. The lowest BCUT2D eigenvalue weighted by atomic mass is 9.84. The maximum absolute atomic E-state index is 13.5. The Balaban J connectivity index is 1.61. The summed E-state index contributed by atoms with van der Waals surface area (Å²) in [6, 6.07) is 12.7. The fourth-order valence-corrected chi connectivity index (χ4v) is 5.63. The van der Waals surface area contributed by atoms with E-state index < -0.39 is 17.9 Å². The summed E-state index contributed by atoms with van der Waals surface area (Å²) in [5.41, 5.74) is 2.02. The summed E-state index contributed by atoms with van der Waals surface area (Å²) >= 11 is 0. The number of aliphatic carboxylic acids is 1. The van der Waals surface area contributed by atoms with E-state index in [2.05, 4.69) is 13.0 Å². The number of hydrogen-bond donors (Lipinski definition) is 2. The SMILES string of the molecule is CCCCN(CCCO)C(=O)CN1CC(c2ccc3c(c2)CCO3)C(C(=O)O)C1COc1ccccc1OC. The van der Waals surface area contributed by atoms with E-state index in [1.807, 2.05) is 29.2 Å². The highest BCUT2D eigenvalue weighted by Gasteiger charge is 2.48. The molecule has 2 aliphatic rings. The van der Waals surface area contributed by atoms with E-state index in [1.165, 1.54) is 0 Å². The number of para-hydroxylation sites is 2. The molecule has 9 nitrogen and oxygen atoms in total. The van der Waals surface area contributed by atoms with Gasteiger partial charge in [0.1, 0.15) is 12.4 Å². The fourth-order valence-electron chi connectivity index (χ4n) is 5.63. The molecule has 2 aromatic rings. The fraction of sp³-hybridized carbons (Fsp3) is 0.533. The van der Waals surface area contributed by atoms with Crippen LogP contribution in [0.25, 0.3) is 0 Å². The largest absolute Gasteiger partial charge is 0.493 e. The average Bonchev–Trinajstić information content (AvgIpc) is 3.56. The minimum atomic E-state index is -0.913. The summed E-state index contributed by atoms with van der Waals surface area (Å²) in [5, 5.41) is 19.8. The first-order chi connectivity index (χ1) is 19.0. The maximum Gasteiger partial charge on any atom is 0.308 e. The molecule has 0 aliphatic carbocycles. The van der Waals surface area contributed by atoms with Crippen LogP contribution in [0.1, 0.15) is 43.2 Å². The Labute approximate surface area is 230 Å². The topological polar surface area (TPSA) is 109 Å². The van der Waals surface area contributed by atoms with Crippen LogP contribution in [0.4, 0.5) is 0 Å². The lowest BCUT2D eigenvalue weighted by Gasteiger charge is -2.29. The Bertz CT molecular complexity index is 1120. The number of aliphatic hydroxyl groups excluding tert-OH is 1. The summed E-state index contributed by atoms with van der Waals surface area (Å²) < 4.78 is 17.2. The second-order valence-corrected chi connectivity index (χ2v) is 10.2. The van der Waals surface area contributed by atoms with E-state index in [0.717, 1.165) is 36.1 Å². The van der Waals surface area contributed by atoms with E-state index in [-0.39, 0.29) is 31.6 Å². The van der Waals surface area contributed by atoms with Gasteiger partial charge in [-0.25, -0.2) is 0 Å². The average molecular weight is 541 g/mol. The van der Waals surface area contributed by atoms with Gasteiger partial charge in [-0.3, -0.25) is 14.5 Å². The van der Waals surface area contributed by atoms with Crippen molar-refractivity contribution >= 4 is 11.9 Å². The number of carboxylic acids is 1. The van der Waals surface area contributed by atoms with Crippen LogP contribution in [0.3, 0.4) is 0 Å². The zero-order valence-electron chi connectivity index (χ0n) is 22.9. The first-order valence-corrected chi connectivity index (χ1v) is 13.8. The summed E-state index contributed by atoms with van der Waals surface area (Å²) in [6.45, 7) is 4.41. The lowest BCUT2D eigenvalue weighted by Crippen LogP contribution is -2.46. The molecule has 9 heteroatoms. The molecule has 2 aliphatic heterocycles. The van der Waals surface area contributed by atoms with Crippen LogP contribution in [0.5, 0.6) is 17.2 Å². The van der Waals surface area contributed by atoms with E-state index in [4.69, 9.17) is 14.2 Å². The molecule has 3 atom stereocenters. The van der Waals surface area contributed by atoms with Gasteiger partial charge in [0.15, 0.2) is 11.5 Å². The van der Waals surface area contributed by atoms with Crippen LogP contribution in [0.2, 0.25) is 0 Å². The Morgan fingerprint density at radius 3 is 2.62 bits per heavy atom. The lowest BCUT2D eigenvalue weighted by molar-refractivity contribution is -0.144. The van der Waals surface area contributed by atoms with Gasteiger partial charge in [0, 0.05) is 38.6 Å². The third-order valence-corrected chi connectivity index (χ3v) is 7.71. The number of rotatable bonds is 14. The molecule has 4 rings (SSSR count).